The fourth-order valence-corrected chi connectivity index (χ4v) is 11.6. The van der Waals surface area contributed by atoms with Gasteiger partial charge in [-0.2, -0.15) is 4.57 Å². The lowest BCUT2D eigenvalue weighted by atomic mass is 9.78. The van der Waals surface area contributed by atoms with Crippen molar-refractivity contribution in [2.75, 3.05) is 11.4 Å². The molecular formula is C42H29N2O2S2+. The number of allylic oxidation sites excluding steroid dienone is 4. The van der Waals surface area contributed by atoms with Crippen molar-refractivity contribution in [1.82, 2.24) is 0 Å². The minimum atomic E-state index is -0.00116. The van der Waals surface area contributed by atoms with Crippen LogP contribution in [0.2, 0.25) is 0 Å². The van der Waals surface area contributed by atoms with Crippen molar-refractivity contribution in [3.8, 4) is 0 Å². The van der Waals surface area contributed by atoms with Gasteiger partial charge in [-0.05, 0) is 57.8 Å². The standard InChI is InChI=1S/C42H28N2O2S2/c45-37-33(31-19-9-21-43-35-27-15-5-1-11-23(27)25-13-3-7-17-29(25)39(35)47-41(31)43)38(46)34(37)32-20-10-22-44-36-28-16-6-2-12-24(28)26-14-4-8-18-30(26)40(36)48-42(32)44/h1-8,11-18H,9-10,19-22H2/p+1. The Kier molecular flexibility index (Phi) is 5.54. The van der Waals surface area contributed by atoms with E-state index in [1.165, 1.54) is 63.9 Å². The molecule has 1 aliphatic carbocycles. The number of thiazole rings is 1. The molecule has 230 valence electrons. The van der Waals surface area contributed by atoms with Gasteiger partial charge < -0.3 is 10.0 Å². The summed E-state index contributed by atoms with van der Waals surface area (Å²) in [4.78, 5) is 18.0. The zero-order valence-corrected chi connectivity index (χ0v) is 27.7. The van der Waals surface area contributed by atoms with E-state index in [2.05, 4.69) is 107 Å². The molecule has 11 rings (SSSR count). The van der Waals surface area contributed by atoms with Crippen LogP contribution in [-0.2, 0) is 11.3 Å². The quantitative estimate of drug-likeness (QED) is 0.108. The van der Waals surface area contributed by atoms with Gasteiger partial charge >= 0.3 is 0 Å². The minimum absolute atomic E-state index is 0.00116. The number of fused-ring (bicyclic) bond motifs is 16. The highest BCUT2D eigenvalue weighted by atomic mass is 32.2. The van der Waals surface area contributed by atoms with Crippen LogP contribution in [-0.4, -0.2) is 17.4 Å². The second kappa shape index (κ2) is 9.82. The molecule has 0 saturated carbocycles. The van der Waals surface area contributed by atoms with Gasteiger partial charge in [-0.15, -0.1) is 0 Å². The smallest absolute Gasteiger partial charge is 0.266 e. The molecule has 4 nitrogen and oxygen atoms in total. The molecule has 4 aliphatic rings. The fraction of sp³-hybridized carbons (Fsp3) is 0.143. The summed E-state index contributed by atoms with van der Waals surface area (Å²) in [5, 5.41) is 24.1. The summed E-state index contributed by atoms with van der Waals surface area (Å²) in [6, 6.07) is 34.7. The first-order valence-corrected chi connectivity index (χ1v) is 18.4. The van der Waals surface area contributed by atoms with Gasteiger partial charge in [0, 0.05) is 28.6 Å². The Morgan fingerprint density at radius 2 is 1.23 bits per heavy atom. The number of aliphatic hydroxyl groups excluding tert-OH is 1. The van der Waals surface area contributed by atoms with E-state index in [-0.39, 0.29) is 11.5 Å². The maximum atomic E-state index is 14.4. The summed E-state index contributed by atoms with van der Waals surface area (Å²) >= 11 is 3.55. The summed E-state index contributed by atoms with van der Waals surface area (Å²) in [7, 11) is 0. The first kappa shape index (κ1) is 27.1. The third kappa shape index (κ3) is 3.41. The second-order valence-electron chi connectivity index (χ2n) is 13.2. The molecular weight excluding hydrogens is 629 g/mol. The number of Topliss-reactive ketones (excluding diaryl/α,β-unsaturated/α-hetero) is 1. The fourth-order valence-electron chi connectivity index (χ4n) is 8.77. The van der Waals surface area contributed by atoms with E-state index in [9.17, 15) is 9.90 Å². The van der Waals surface area contributed by atoms with Crippen molar-refractivity contribution in [2.24, 2.45) is 0 Å². The summed E-state index contributed by atoms with van der Waals surface area (Å²) in [6.45, 7) is 1.81. The zero-order valence-electron chi connectivity index (χ0n) is 26.0. The number of carbonyl (C=O) groups excluding carboxylic acids is 1. The first-order valence-electron chi connectivity index (χ1n) is 16.8. The highest BCUT2D eigenvalue weighted by Crippen LogP contribution is 2.58. The van der Waals surface area contributed by atoms with E-state index >= 15 is 0 Å². The number of nitrogens with zero attached hydrogens (tertiary/aromatic N) is 2. The normalized spacial score (nSPS) is 19.2. The number of thioether (sulfide) groups is 1. The van der Waals surface area contributed by atoms with Crippen molar-refractivity contribution in [2.45, 2.75) is 37.1 Å². The number of anilines is 1. The molecule has 6 heteroatoms. The van der Waals surface area contributed by atoms with E-state index in [1.807, 2.05) is 0 Å². The second-order valence-corrected chi connectivity index (χ2v) is 15.2. The topological polar surface area (TPSA) is 44.4 Å². The van der Waals surface area contributed by atoms with Gasteiger partial charge in [0.15, 0.2) is 6.54 Å². The van der Waals surface area contributed by atoms with Crippen LogP contribution in [0.25, 0.3) is 58.9 Å². The van der Waals surface area contributed by atoms with Crippen LogP contribution in [0.5, 0.6) is 0 Å². The molecule has 1 N–H and O–H groups in total. The SMILES string of the molecule is O=C1C(C2=C3Sc4c(c5ccccc5c5ccccc45)N3CCC2)=C(O)/C1=C1/CCC[n+]2c1sc1c3ccccc3c3ccccc3c12. The number of hydrogen-bond donors (Lipinski definition) is 1. The molecule has 3 aliphatic heterocycles. The van der Waals surface area contributed by atoms with Crippen LogP contribution in [0, 0.1) is 0 Å². The monoisotopic (exact) mass is 657 g/mol. The van der Waals surface area contributed by atoms with Crippen LogP contribution in [0.3, 0.4) is 0 Å². The molecule has 0 spiro atoms. The molecule has 0 bridgehead atoms. The Hall–Kier alpha value is -4.91. The number of aryl methyl sites for hydroxylation is 1. The molecule has 6 aromatic carbocycles. The van der Waals surface area contributed by atoms with Crippen LogP contribution in [0.4, 0.5) is 5.69 Å². The molecule has 48 heavy (non-hydrogen) atoms. The number of carbonyl (C=O) groups is 1. The van der Waals surface area contributed by atoms with E-state index in [4.69, 9.17) is 0 Å². The van der Waals surface area contributed by atoms with Crippen molar-refractivity contribution >= 4 is 93.4 Å². The van der Waals surface area contributed by atoms with Gasteiger partial charge in [0.25, 0.3) is 5.01 Å². The number of aromatic nitrogens is 1. The van der Waals surface area contributed by atoms with Crippen molar-refractivity contribution < 1.29 is 14.5 Å². The molecule has 0 amide bonds. The number of rotatable bonds is 1. The van der Waals surface area contributed by atoms with Gasteiger partial charge in [-0.1, -0.05) is 114 Å². The van der Waals surface area contributed by atoms with Gasteiger partial charge in [0.05, 0.1) is 32.8 Å². The molecule has 1 aromatic heterocycles. The predicted molar refractivity (Wildman–Crippen MR) is 199 cm³/mol. The first-order chi connectivity index (χ1) is 23.7. The Morgan fingerprint density at radius 1 is 0.646 bits per heavy atom. The average molecular weight is 658 g/mol. The Morgan fingerprint density at radius 3 is 1.96 bits per heavy atom. The molecule has 0 radical (unpaired) electrons. The molecule has 0 atom stereocenters. The predicted octanol–water partition coefficient (Wildman–Crippen LogP) is 10.4. The third-order valence-electron chi connectivity index (χ3n) is 10.8. The van der Waals surface area contributed by atoms with Gasteiger partial charge in [-0.25, -0.2) is 0 Å². The third-order valence-corrected chi connectivity index (χ3v) is 13.4. The van der Waals surface area contributed by atoms with E-state index in [1.54, 1.807) is 23.1 Å². The molecule has 4 heterocycles. The van der Waals surface area contributed by atoms with Gasteiger partial charge in [0.1, 0.15) is 10.5 Å². The summed E-state index contributed by atoms with van der Waals surface area (Å²) in [5.41, 5.74) is 5.54. The van der Waals surface area contributed by atoms with E-state index in [0.717, 1.165) is 60.0 Å². The number of ketones is 1. The number of benzene rings is 6. The maximum Gasteiger partial charge on any atom is 0.266 e. The lowest BCUT2D eigenvalue weighted by molar-refractivity contribution is -0.671. The maximum absolute atomic E-state index is 14.4. The minimum Gasteiger partial charge on any atom is -0.506 e. The Balaban J connectivity index is 1.10. The van der Waals surface area contributed by atoms with E-state index < -0.39 is 0 Å². The van der Waals surface area contributed by atoms with Crippen LogP contribution in [0.1, 0.15) is 30.7 Å². The largest absolute Gasteiger partial charge is 0.506 e. The summed E-state index contributed by atoms with van der Waals surface area (Å²) < 4.78 is 3.67. The van der Waals surface area contributed by atoms with Crippen molar-refractivity contribution in [3.05, 3.63) is 130 Å². The number of hydrogen-bond acceptors (Lipinski definition) is 5. The van der Waals surface area contributed by atoms with Gasteiger partial charge in [0.2, 0.25) is 11.3 Å². The molecule has 7 aromatic rings. The van der Waals surface area contributed by atoms with Crippen LogP contribution < -0.4 is 9.47 Å². The Labute approximate surface area is 284 Å². The lowest BCUT2D eigenvalue weighted by Crippen LogP contribution is -2.40. The van der Waals surface area contributed by atoms with Crippen molar-refractivity contribution in [3.63, 3.8) is 0 Å². The Bertz CT molecular complexity index is 2750. The molecule has 0 fully saturated rings. The summed E-state index contributed by atoms with van der Waals surface area (Å²) in [6.07, 6.45) is 3.45. The summed E-state index contributed by atoms with van der Waals surface area (Å²) in [5.74, 6) is 0.185. The van der Waals surface area contributed by atoms with Crippen LogP contribution >= 0.6 is 23.1 Å². The van der Waals surface area contributed by atoms with E-state index in [0.29, 0.717) is 11.1 Å². The van der Waals surface area contributed by atoms with Crippen LogP contribution in [0.15, 0.2) is 129 Å². The zero-order chi connectivity index (χ0) is 31.7. The highest BCUT2D eigenvalue weighted by molar-refractivity contribution is 8.04. The van der Waals surface area contributed by atoms with Gasteiger partial charge in [-0.3, -0.25) is 4.79 Å². The molecule has 0 saturated heterocycles. The highest BCUT2D eigenvalue weighted by Gasteiger charge is 2.45. The van der Waals surface area contributed by atoms with Crippen molar-refractivity contribution in [1.29, 1.82) is 0 Å². The lowest BCUT2D eigenvalue weighted by Gasteiger charge is -2.33. The average Bonchev–Trinajstić information content (AvgIpc) is 3.73. The molecule has 0 unspecified atom stereocenters. The number of aliphatic hydroxyl groups is 1.